The van der Waals surface area contributed by atoms with Crippen LogP contribution in [0.25, 0.3) is 0 Å². The van der Waals surface area contributed by atoms with E-state index in [0.29, 0.717) is 11.3 Å². The number of sulfonamides is 1. The molecule has 7 heteroatoms. The van der Waals surface area contributed by atoms with Crippen LogP contribution in [0.4, 0.5) is 0 Å². The Hall–Kier alpha value is -2.86. The number of carbonyl (C=O) groups excluding carboxylic acids is 1. The number of hydrogen-bond acceptors (Lipinski definition) is 5. The van der Waals surface area contributed by atoms with Crippen LogP contribution >= 0.6 is 0 Å². The standard InChI is InChI=1S/C21H23NO5S/c1-5-19(21(23)27-6-2)20(16-9-11-17(26-4)12-10-16)22-28(24,25)18-13-7-15(3)8-14-18/h7-14,20,22H,1,6H2,2-4H3. The first-order chi connectivity index (χ1) is 13.3. The summed E-state index contributed by atoms with van der Waals surface area (Å²) in [5.74, 6) is -0.0888. The number of methoxy groups -OCH3 is 1. The monoisotopic (exact) mass is 401 g/mol. The van der Waals surface area contributed by atoms with Gasteiger partial charge < -0.3 is 9.47 Å². The van der Waals surface area contributed by atoms with Gasteiger partial charge in [0.15, 0.2) is 0 Å². The van der Waals surface area contributed by atoms with Crippen LogP contribution < -0.4 is 9.46 Å². The van der Waals surface area contributed by atoms with Gasteiger partial charge in [-0.1, -0.05) is 36.4 Å². The van der Waals surface area contributed by atoms with Crippen molar-refractivity contribution in [3.63, 3.8) is 0 Å². The summed E-state index contributed by atoms with van der Waals surface area (Å²) in [6.07, 6.45) is 0. The summed E-state index contributed by atoms with van der Waals surface area (Å²) < 4.78 is 38.5. The third kappa shape index (κ3) is 5.10. The number of carbonyl (C=O) groups is 1. The van der Waals surface area contributed by atoms with Gasteiger partial charge in [-0.15, -0.1) is 5.73 Å². The summed E-state index contributed by atoms with van der Waals surface area (Å²) in [4.78, 5) is 12.4. The minimum absolute atomic E-state index is 0.0253. The van der Waals surface area contributed by atoms with Crippen molar-refractivity contribution in [2.24, 2.45) is 0 Å². The van der Waals surface area contributed by atoms with Crippen LogP contribution in [0.5, 0.6) is 5.75 Å². The third-order valence-corrected chi connectivity index (χ3v) is 5.47. The van der Waals surface area contributed by atoms with Crippen molar-refractivity contribution in [2.75, 3.05) is 13.7 Å². The summed E-state index contributed by atoms with van der Waals surface area (Å²) in [5, 5.41) is 0. The smallest absolute Gasteiger partial charge is 0.343 e. The molecule has 0 fully saturated rings. The van der Waals surface area contributed by atoms with Gasteiger partial charge in [0, 0.05) is 0 Å². The molecule has 0 bridgehead atoms. The number of aryl methyl sites for hydroxylation is 1. The highest BCUT2D eigenvalue weighted by Gasteiger charge is 2.29. The fourth-order valence-electron chi connectivity index (χ4n) is 2.53. The highest BCUT2D eigenvalue weighted by Crippen LogP contribution is 2.26. The lowest BCUT2D eigenvalue weighted by Crippen LogP contribution is -2.32. The van der Waals surface area contributed by atoms with Gasteiger partial charge in [-0.05, 0) is 43.7 Å². The second kappa shape index (κ2) is 9.37. The first-order valence-electron chi connectivity index (χ1n) is 8.62. The number of nitrogens with one attached hydrogen (secondary N) is 1. The molecule has 0 saturated carbocycles. The molecule has 0 aromatic heterocycles. The summed E-state index contributed by atoms with van der Waals surface area (Å²) >= 11 is 0. The second-order valence-electron chi connectivity index (χ2n) is 5.95. The van der Waals surface area contributed by atoms with Gasteiger partial charge >= 0.3 is 5.97 Å². The minimum Gasteiger partial charge on any atom is -0.497 e. The maximum atomic E-state index is 12.9. The normalized spacial score (nSPS) is 12.0. The van der Waals surface area contributed by atoms with Gasteiger partial charge in [-0.25, -0.2) is 13.2 Å². The van der Waals surface area contributed by atoms with Crippen molar-refractivity contribution in [3.8, 4) is 5.75 Å². The average Bonchev–Trinajstić information content (AvgIpc) is 2.68. The maximum absolute atomic E-state index is 12.9. The summed E-state index contributed by atoms with van der Waals surface area (Å²) in [6, 6.07) is 12.1. The van der Waals surface area contributed by atoms with E-state index in [-0.39, 0.29) is 17.1 Å². The van der Waals surface area contributed by atoms with E-state index in [4.69, 9.17) is 9.47 Å². The Morgan fingerprint density at radius 3 is 2.25 bits per heavy atom. The van der Waals surface area contributed by atoms with E-state index >= 15 is 0 Å². The zero-order valence-electron chi connectivity index (χ0n) is 16.1. The Kier molecular flexibility index (Phi) is 7.18. The van der Waals surface area contributed by atoms with E-state index < -0.39 is 22.0 Å². The predicted molar refractivity (Wildman–Crippen MR) is 107 cm³/mol. The molecular formula is C21H23NO5S. The van der Waals surface area contributed by atoms with E-state index in [2.05, 4.69) is 17.0 Å². The summed E-state index contributed by atoms with van der Waals surface area (Å²) in [7, 11) is -2.39. The Morgan fingerprint density at radius 2 is 1.75 bits per heavy atom. The largest absolute Gasteiger partial charge is 0.497 e. The van der Waals surface area contributed by atoms with E-state index in [0.717, 1.165) is 5.56 Å². The number of esters is 1. The molecule has 148 valence electrons. The molecule has 2 aromatic carbocycles. The quantitative estimate of drug-likeness (QED) is 0.417. The van der Waals surface area contributed by atoms with Crippen molar-refractivity contribution in [2.45, 2.75) is 24.8 Å². The van der Waals surface area contributed by atoms with Crippen molar-refractivity contribution in [1.82, 2.24) is 4.72 Å². The zero-order valence-corrected chi connectivity index (χ0v) is 16.9. The molecule has 28 heavy (non-hydrogen) atoms. The van der Waals surface area contributed by atoms with Gasteiger partial charge in [0.25, 0.3) is 0 Å². The van der Waals surface area contributed by atoms with Gasteiger partial charge in [0.1, 0.15) is 11.3 Å². The lowest BCUT2D eigenvalue weighted by atomic mass is 10.0. The molecule has 0 saturated heterocycles. The molecular weight excluding hydrogens is 378 g/mol. The first-order valence-corrected chi connectivity index (χ1v) is 10.1. The fourth-order valence-corrected chi connectivity index (χ4v) is 3.73. The van der Waals surface area contributed by atoms with Crippen molar-refractivity contribution < 1.29 is 22.7 Å². The van der Waals surface area contributed by atoms with Crippen molar-refractivity contribution >= 4 is 16.0 Å². The van der Waals surface area contributed by atoms with Crippen LogP contribution in [0.2, 0.25) is 0 Å². The molecule has 0 spiro atoms. The van der Waals surface area contributed by atoms with Crippen LogP contribution in [-0.4, -0.2) is 28.1 Å². The highest BCUT2D eigenvalue weighted by atomic mass is 32.2. The molecule has 0 heterocycles. The van der Waals surface area contributed by atoms with Crippen molar-refractivity contribution in [3.05, 3.63) is 77.5 Å². The zero-order chi connectivity index (χ0) is 20.7. The molecule has 1 N–H and O–H groups in total. The SMILES string of the molecule is C=C=C(C(=O)OCC)C(NS(=O)(=O)c1ccc(C)cc1)c1ccc(OC)cc1. The molecule has 6 nitrogen and oxygen atoms in total. The highest BCUT2D eigenvalue weighted by molar-refractivity contribution is 7.89. The van der Waals surface area contributed by atoms with Crippen LogP contribution in [0.1, 0.15) is 24.1 Å². The molecule has 0 aliphatic rings. The van der Waals surface area contributed by atoms with Crippen LogP contribution in [0.3, 0.4) is 0 Å². The van der Waals surface area contributed by atoms with E-state index in [1.807, 2.05) is 6.92 Å². The van der Waals surface area contributed by atoms with Gasteiger partial charge in [-0.2, -0.15) is 4.72 Å². The lowest BCUT2D eigenvalue weighted by molar-refractivity contribution is -0.138. The lowest BCUT2D eigenvalue weighted by Gasteiger charge is -2.20. The van der Waals surface area contributed by atoms with Crippen LogP contribution in [0, 0.1) is 6.92 Å². The van der Waals surface area contributed by atoms with Gasteiger partial charge in [0.2, 0.25) is 10.0 Å². The molecule has 1 atom stereocenters. The topological polar surface area (TPSA) is 81.7 Å². The molecule has 2 aromatic rings. The van der Waals surface area contributed by atoms with E-state index in [1.54, 1.807) is 43.3 Å². The summed E-state index contributed by atoms with van der Waals surface area (Å²) in [6.45, 7) is 7.21. The molecule has 0 aliphatic heterocycles. The molecule has 0 amide bonds. The van der Waals surface area contributed by atoms with E-state index in [1.165, 1.54) is 19.2 Å². The van der Waals surface area contributed by atoms with Gasteiger partial charge in [-0.3, -0.25) is 0 Å². The predicted octanol–water partition coefficient (Wildman–Crippen LogP) is 3.30. The Morgan fingerprint density at radius 1 is 1.14 bits per heavy atom. The Bertz CT molecular complexity index is 972. The Balaban J connectivity index is 2.49. The molecule has 0 radical (unpaired) electrons. The number of ether oxygens (including phenoxy) is 2. The van der Waals surface area contributed by atoms with Crippen LogP contribution in [-0.2, 0) is 19.6 Å². The third-order valence-electron chi connectivity index (χ3n) is 4.03. The van der Waals surface area contributed by atoms with E-state index in [9.17, 15) is 13.2 Å². The van der Waals surface area contributed by atoms with Gasteiger partial charge in [0.05, 0.1) is 24.7 Å². The fraction of sp³-hybridized carbons (Fsp3) is 0.238. The first kappa shape index (κ1) is 21.4. The maximum Gasteiger partial charge on any atom is 0.343 e. The van der Waals surface area contributed by atoms with Crippen LogP contribution in [0.15, 0.2) is 71.3 Å². The summed E-state index contributed by atoms with van der Waals surface area (Å²) in [5.41, 5.74) is 3.96. The minimum atomic E-state index is -3.92. The Labute approximate surface area is 165 Å². The number of benzene rings is 2. The second-order valence-corrected chi connectivity index (χ2v) is 7.67. The van der Waals surface area contributed by atoms with Crippen molar-refractivity contribution in [1.29, 1.82) is 0 Å². The molecule has 0 aliphatic carbocycles. The average molecular weight is 401 g/mol. The molecule has 1 unspecified atom stereocenters. The molecule has 2 rings (SSSR count). The number of hydrogen-bond donors (Lipinski definition) is 1. The number of rotatable bonds is 8.